The average molecular weight is 264 g/mol. The molecule has 1 atom stereocenters. The highest BCUT2D eigenvalue weighted by atomic mass is 35.5. The third kappa shape index (κ3) is 2.14. The quantitative estimate of drug-likeness (QED) is 0.894. The van der Waals surface area contributed by atoms with Crippen molar-refractivity contribution in [2.75, 3.05) is 13.1 Å². The first-order valence-corrected chi connectivity index (χ1v) is 6.85. The molecule has 0 spiro atoms. The number of nitrogens with one attached hydrogen (secondary N) is 1. The molecule has 1 aromatic carbocycles. The fraction of sp³-hybridized carbons (Fsp3) is 0.429. The molecule has 0 aliphatic carbocycles. The normalized spacial score (nSPS) is 20.9. The molecular formula is C14H18ClN3. The number of hydrogen-bond acceptors (Lipinski definition) is 2. The van der Waals surface area contributed by atoms with Gasteiger partial charge in [0.25, 0.3) is 0 Å². The topological polar surface area (TPSA) is 45.0 Å². The minimum atomic E-state index is 0.544. The number of nitrogens with zero attached hydrogens (tertiary/aromatic N) is 1. The Hall–Kier alpha value is -1.03. The van der Waals surface area contributed by atoms with Crippen LogP contribution in [0, 0.1) is 0 Å². The highest BCUT2D eigenvalue weighted by molar-refractivity contribution is 6.31. The zero-order chi connectivity index (χ0) is 12.5. The molecule has 1 aromatic heterocycles. The Kier molecular flexibility index (Phi) is 3.29. The van der Waals surface area contributed by atoms with Crippen LogP contribution < -0.4 is 5.73 Å². The highest BCUT2D eigenvalue weighted by Gasteiger charge is 2.23. The summed E-state index contributed by atoms with van der Waals surface area (Å²) in [4.78, 5) is 5.78. The van der Waals surface area contributed by atoms with Crippen LogP contribution in [0.2, 0.25) is 5.02 Å². The molecule has 1 unspecified atom stereocenters. The van der Waals surface area contributed by atoms with Crippen LogP contribution in [-0.2, 0) is 6.54 Å². The van der Waals surface area contributed by atoms with E-state index in [0.29, 0.717) is 6.04 Å². The van der Waals surface area contributed by atoms with E-state index in [-0.39, 0.29) is 0 Å². The van der Waals surface area contributed by atoms with Gasteiger partial charge in [-0.3, -0.25) is 4.90 Å². The monoisotopic (exact) mass is 263 g/mol. The Morgan fingerprint density at radius 1 is 1.44 bits per heavy atom. The van der Waals surface area contributed by atoms with Crippen LogP contribution in [0.25, 0.3) is 10.9 Å². The van der Waals surface area contributed by atoms with Crippen LogP contribution in [0.15, 0.2) is 24.4 Å². The van der Waals surface area contributed by atoms with Crippen LogP contribution in [0.3, 0.4) is 0 Å². The first kappa shape index (κ1) is 12.0. The van der Waals surface area contributed by atoms with Gasteiger partial charge in [0.2, 0.25) is 0 Å². The first-order valence-electron chi connectivity index (χ1n) is 6.47. The molecule has 1 fully saturated rings. The van der Waals surface area contributed by atoms with E-state index < -0.39 is 0 Å². The summed E-state index contributed by atoms with van der Waals surface area (Å²) in [7, 11) is 0. The van der Waals surface area contributed by atoms with Gasteiger partial charge in [-0.2, -0.15) is 0 Å². The Balaban J connectivity index is 1.86. The van der Waals surface area contributed by atoms with Gasteiger partial charge in [0, 0.05) is 41.3 Å². The third-order valence-corrected chi connectivity index (χ3v) is 4.11. The van der Waals surface area contributed by atoms with Gasteiger partial charge in [-0.05, 0) is 37.1 Å². The fourth-order valence-corrected chi connectivity index (χ4v) is 3.05. The third-order valence-electron chi connectivity index (χ3n) is 3.87. The number of hydrogen-bond donors (Lipinski definition) is 2. The Morgan fingerprint density at radius 2 is 2.33 bits per heavy atom. The van der Waals surface area contributed by atoms with E-state index in [2.05, 4.69) is 22.1 Å². The largest absolute Gasteiger partial charge is 0.361 e. The number of aromatic amines is 1. The molecule has 2 heterocycles. The second-order valence-electron chi connectivity index (χ2n) is 5.01. The van der Waals surface area contributed by atoms with Crippen molar-refractivity contribution in [2.24, 2.45) is 5.73 Å². The van der Waals surface area contributed by atoms with Crippen molar-refractivity contribution in [1.29, 1.82) is 0 Å². The fourth-order valence-electron chi connectivity index (χ4n) is 2.88. The van der Waals surface area contributed by atoms with E-state index >= 15 is 0 Å². The van der Waals surface area contributed by atoms with E-state index in [1.807, 2.05) is 12.1 Å². The van der Waals surface area contributed by atoms with Gasteiger partial charge < -0.3 is 10.7 Å². The number of benzene rings is 1. The Bertz CT molecular complexity index is 549. The van der Waals surface area contributed by atoms with Gasteiger partial charge in [0.05, 0.1) is 0 Å². The van der Waals surface area contributed by atoms with Crippen LogP contribution in [0.1, 0.15) is 18.4 Å². The lowest BCUT2D eigenvalue weighted by Gasteiger charge is -2.22. The molecule has 0 radical (unpaired) electrons. The standard InChI is InChI=1S/C14H18ClN3/c15-11-3-4-13-10(8-17-14(13)6-11)9-18-5-1-2-12(18)7-16/h3-4,6,8,12,17H,1-2,5,7,9,16H2. The highest BCUT2D eigenvalue weighted by Crippen LogP contribution is 2.25. The number of fused-ring (bicyclic) bond motifs is 1. The Labute approximate surface area is 112 Å². The van der Waals surface area contributed by atoms with Gasteiger partial charge in [-0.1, -0.05) is 17.7 Å². The molecule has 3 nitrogen and oxygen atoms in total. The van der Waals surface area contributed by atoms with E-state index in [1.54, 1.807) is 0 Å². The van der Waals surface area contributed by atoms with Crippen molar-refractivity contribution in [2.45, 2.75) is 25.4 Å². The molecule has 96 valence electrons. The Morgan fingerprint density at radius 3 is 3.17 bits per heavy atom. The minimum Gasteiger partial charge on any atom is -0.361 e. The van der Waals surface area contributed by atoms with Crippen molar-refractivity contribution in [3.8, 4) is 0 Å². The molecule has 4 heteroatoms. The van der Waals surface area contributed by atoms with Crippen molar-refractivity contribution in [1.82, 2.24) is 9.88 Å². The number of rotatable bonds is 3. The van der Waals surface area contributed by atoms with Gasteiger partial charge in [-0.25, -0.2) is 0 Å². The van der Waals surface area contributed by atoms with E-state index in [0.717, 1.165) is 30.2 Å². The number of H-pyrrole nitrogens is 1. The summed E-state index contributed by atoms with van der Waals surface area (Å²) in [5, 5.41) is 2.04. The molecule has 3 N–H and O–H groups in total. The summed E-state index contributed by atoms with van der Waals surface area (Å²) in [5.41, 5.74) is 8.27. The zero-order valence-corrected chi connectivity index (χ0v) is 11.1. The second kappa shape index (κ2) is 4.92. The summed E-state index contributed by atoms with van der Waals surface area (Å²) in [5.74, 6) is 0. The van der Waals surface area contributed by atoms with Gasteiger partial charge in [-0.15, -0.1) is 0 Å². The molecule has 1 aliphatic heterocycles. The molecule has 0 bridgehead atoms. The molecule has 0 saturated carbocycles. The number of likely N-dealkylation sites (tertiary alicyclic amines) is 1. The predicted molar refractivity (Wildman–Crippen MR) is 75.8 cm³/mol. The molecule has 3 rings (SSSR count). The lowest BCUT2D eigenvalue weighted by molar-refractivity contribution is 0.251. The van der Waals surface area contributed by atoms with Crippen LogP contribution in [0.5, 0.6) is 0 Å². The van der Waals surface area contributed by atoms with E-state index in [4.69, 9.17) is 17.3 Å². The van der Waals surface area contributed by atoms with Gasteiger partial charge in [0.15, 0.2) is 0 Å². The maximum Gasteiger partial charge on any atom is 0.0472 e. The van der Waals surface area contributed by atoms with Crippen LogP contribution >= 0.6 is 11.6 Å². The number of aromatic nitrogens is 1. The molecule has 2 aromatic rings. The van der Waals surface area contributed by atoms with E-state index in [1.165, 1.54) is 23.8 Å². The maximum absolute atomic E-state index is 6.00. The molecule has 1 aliphatic rings. The van der Waals surface area contributed by atoms with Crippen molar-refractivity contribution >= 4 is 22.5 Å². The molecule has 0 amide bonds. The predicted octanol–water partition coefficient (Wildman–Crippen LogP) is 2.74. The summed E-state index contributed by atoms with van der Waals surface area (Å²) in [6.07, 6.45) is 4.58. The van der Waals surface area contributed by atoms with Crippen molar-refractivity contribution < 1.29 is 0 Å². The zero-order valence-electron chi connectivity index (χ0n) is 10.3. The summed E-state index contributed by atoms with van der Waals surface area (Å²) < 4.78 is 0. The molecular weight excluding hydrogens is 246 g/mol. The summed E-state index contributed by atoms with van der Waals surface area (Å²) in [6, 6.07) is 6.57. The first-order chi connectivity index (χ1) is 8.78. The summed E-state index contributed by atoms with van der Waals surface area (Å²) in [6.45, 7) is 2.89. The van der Waals surface area contributed by atoms with Crippen molar-refractivity contribution in [3.05, 3.63) is 35.0 Å². The molecule has 1 saturated heterocycles. The van der Waals surface area contributed by atoms with Crippen LogP contribution in [0.4, 0.5) is 0 Å². The second-order valence-corrected chi connectivity index (χ2v) is 5.44. The summed E-state index contributed by atoms with van der Waals surface area (Å²) >= 11 is 6.00. The maximum atomic E-state index is 6.00. The van der Waals surface area contributed by atoms with Crippen LogP contribution in [-0.4, -0.2) is 29.0 Å². The molecule has 18 heavy (non-hydrogen) atoms. The lowest BCUT2D eigenvalue weighted by Crippen LogP contribution is -2.34. The van der Waals surface area contributed by atoms with Gasteiger partial charge in [0.1, 0.15) is 0 Å². The van der Waals surface area contributed by atoms with Gasteiger partial charge >= 0.3 is 0 Å². The average Bonchev–Trinajstić information content (AvgIpc) is 2.96. The SMILES string of the molecule is NCC1CCCN1Cc1c[nH]c2cc(Cl)ccc12. The van der Waals surface area contributed by atoms with Crippen molar-refractivity contribution in [3.63, 3.8) is 0 Å². The minimum absolute atomic E-state index is 0.544. The number of halogens is 1. The van der Waals surface area contributed by atoms with E-state index in [9.17, 15) is 0 Å². The smallest absolute Gasteiger partial charge is 0.0472 e. The lowest BCUT2D eigenvalue weighted by atomic mass is 10.1. The number of nitrogens with two attached hydrogens (primary N) is 1.